The maximum Gasteiger partial charge on any atom is 0.0360 e. The average Bonchev–Trinajstić information content (AvgIpc) is 3.19. The maximum atomic E-state index is 2.08. The van der Waals surface area contributed by atoms with Crippen LogP contribution in [0, 0.1) is 0 Å². The predicted octanol–water partition coefficient (Wildman–Crippen LogP) is 15.1. The number of benzene rings is 4. The first kappa shape index (κ1) is 56.9. The van der Waals surface area contributed by atoms with Crippen LogP contribution in [0.25, 0.3) is 0 Å². The van der Waals surface area contributed by atoms with Crippen molar-refractivity contribution in [2.24, 2.45) is 0 Å². The number of rotatable bonds is 1. The molecule has 0 aliphatic rings. The zero-order chi connectivity index (χ0) is 36.2. The molecule has 4 rings (SSSR count). The quantitative estimate of drug-likeness (QED) is 0.192. The summed E-state index contributed by atoms with van der Waals surface area (Å²) < 4.78 is 0. The van der Waals surface area contributed by atoms with Crippen molar-refractivity contribution in [3.63, 3.8) is 0 Å². The number of anilines is 1. The molecule has 45 heavy (non-hydrogen) atoms. The van der Waals surface area contributed by atoms with Gasteiger partial charge in [0.15, 0.2) is 0 Å². The highest BCUT2D eigenvalue weighted by atomic mass is 15.1. The topological polar surface area (TPSA) is 3.24 Å². The van der Waals surface area contributed by atoms with Gasteiger partial charge in [-0.2, -0.15) is 0 Å². The smallest absolute Gasteiger partial charge is 0.0360 e. The van der Waals surface area contributed by atoms with Gasteiger partial charge < -0.3 is 4.90 Å². The van der Waals surface area contributed by atoms with Gasteiger partial charge >= 0.3 is 0 Å². The van der Waals surface area contributed by atoms with Gasteiger partial charge in [-0.05, 0) is 39.8 Å². The first-order valence-corrected chi connectivity index (χ1v) is 17.0. The minimum atomic E-state index is 1.25. The molecule has 0 saturated heterocycles. The molecule has 0 amide bonds. The monoisotopic (exact) mass is 618 g/mol. The standard InChI is InChI=1S/C8H11N.3C6H6.2C4H8.5C2H6/c1-9(2)8-6-4-3-5-7-8;3*1-2-4-6-5-3-1;2*1-3-4-2;5*1-2/h3-7H,1-2H3;3*1-6H;2*3-4H,1-2H3;5*1-2H3. The first-order valence-electron chi connectivity index (χ1n) is 17.0. The fourth-order valence-corrected chi connectivity index (χ4v) is 1.88. The average molecular weight is 618 g/mol. The number of allylic oxidation sites excluding steroid dienone is 4. The van der Waals surface area contributed by atoms with E-state index < -0.39 is 0 Å². The van der Waals surface area contributed by atoms with Gasteiger partial charge in [0.05, 0.1) is 0 Å². The molecular weight excluding hydrogens is 542 g/mol. The Morgan fingerprint density at radius 2 is 0.422 bits per heavy atom. The van der Waals surface area contributed by atoms with E-state index in [9.17, 15) is 0 Å². The third-order valence-electron chi connectivity index (χ3n) is 3.94. The van der Waals surface area contributed by atoms with E-state index >= 15 is 0 Å². The van der Waals surface area contributed by atoms with Gasteiger partial charge in [0.1, 0.15) is 0 Å². The zero-order valence-corrected chi connectivity index (χ0v) is 32.5. The van der Waals surface area contributed by atoms with Crippen LogP contribution < -0.4 is 4.90 Å². The minimum Gasteiger partial charge on any atom is -0.378 e. The van der Waals surface area contributed by atoms with Crippen LogP contribution in [0.2, 0.25) is 0 Å². The van der Waals surface area contributed by atoms with E-state index in [1.165, 1.54) is 5.69 Å². The summed E-state index contributed by atoms with van der Waals surface area (Å²) in [6.07, 6.45) is 8.00. The number of hydrogen-bond acceptors (Lipinski definition) is 1. The molecule has 0 bridgehead atoms. The Kier molecular flexibility index (Phi) is 91.6. The molecule has 0 fully saturated rings. The lowest BCUT2D eigenvalue weighted by Crippen LogP contribution is -2.07. The minimum absolute atomic E-state index is 1.25. The summed E-state index contributed by atoms with van der Waals surface area (Å²) in [5, 5.41) is 0. The normalized spacial score (nSPS) is 7.38. The van der Waals surface area contributed by atoms with Gasteiger partial charge in [-0.25, -0.2) is 0 Å². The molecule has 0 atom stereocenters. The van der Waals surface area contributed by atoms with E-state index in [1.54, 1.807) is 0 Å². The molecule has 0 radical (unpaired) electrons. The number of hydrogen-bond donors (Lipinski definition) is 0. The molecule has 4 aromatic rings. The Labute approximate surface area is 284 Å². The van der Waals surface area contributed by atoms with Crippen LogP contribution in [0.5, 0.6) is 0 Å². The Balaban J connectivity index is -0.0000000740. The highest BCUT2D eigenvalue weighted by Crippen LogP contribution is 2.07. The van der Waals surface area contributed by atoms with Gasteiger partial charge in [0.25, 0.3) is 0 Å². The van der Waals surface area contributed by atoms with E-state index in [2.05, 4.69) is 17.0 Å². The van der Waals surface area contributed by atoms with Crippen LogP contribution in [0.15, 0.2) is 164 Å². The molecule has 0 heterocycles. The van der Waals surface area contributed by atoms with Crippen molar-refractivity contribution >= 4 is 5.69 Å². The first-order chi connectivity index (χ1) is 22.1. The SMILES string of the molecule is CC.CC.CC.CC.CC.CC=CC.CC=CC.CN(C)c1ccccc1.c1ccccc1.c1ccccc1.c1ccccc1. The fraction of sp³-hybridized carbons (Fsp3) is 0.364. The highest BCUT2D eigenvalue weighted by molar-refractivity contribution is 5.43. The fourth-order valence-electron chi connectivity index (χ4n) is 1.88. The summed E-state index contributed by atoms with van der Waals surface area (Å²) in [4.78, 5) is 2.08. The lowest BCUT2D eigenvalue weighted by Gasteiger charge is -2.10. The molecule has 1 nitrogen and oxygen atoms in total. The Bertz CT molecular complexity index is 711. The Hall–Kier alpha value is -3.84. The van der Waals surface area contributed by atoms with Gasteiger partial charge in [0.2, 0.25) is 0 Å². The van der Waals surface area contributed by atoms with Crippen LogP contribution in [-0.2, 0) is 0 Å². The zero-order valence-electron chi connectivity index (χ0n) is 32.5. The van der Waals surface area contributed by atoms with Crippen LogP contribution >= 0.6 is 0 Å². The number of para-hydroxylation sites is 1. The van der Waals surface area contributed by atoms with Crippen molar-refractivity contribution in [1.82, 2.24) is 0 Å². The van der Waals surface area contributed by atoms with E-state index in [0.717, 1.165) is 0 Å². The highest BCUT2D eigenvalue weighted by Gasteiger charge is 1.87. The van der Waals surface area contributed by atoms with Crippen LogP contribution in [-0.4, -0.2) is 14.1 Å². The molecule has 0 aliphatic heterocycles. The molecule has 0 aromatic heterocycles. The van der Waals surface area contributed by atoms with Crippen LogP contribution in [0.3, 0.4) is 0 Å². The molecular formula is C44H75N. The van der Waals surface area contributed by atoms with Crippen molar-refractivity contribution in [1.29, 1.82) is 0 Å². The van der Waals surface area contributed by atoms with Gasteiger partial charge in [0, 0.05) is 19.8 Å². The molecule has 0 N–H and O–H groups in total. The summed E-state index contributed by atoms with van der Waals surface area (Å²) in [5.74, 6) is 0. The third kappa shape index (κ3) is 73.7. The Morgan fingerprint density at radius 1 is 0.289 bits per heavy atom. The third-order valence-corrected chi connectivity index (χ3v) is 3.94. The lowest BCUT2D eigenvalue weighted by molar-refractivity contribution is 1.13. The molecule has 0 unspecified atom stereocenters. The second-order valence-corrected chi connectivity index (χ2v) is 7.03. The summed E-state index contributed by atoms with van der Waals surface area (Å²) in [5.41, 5.74) is 1.25. The number of nitrogens with zero attached hydrogens (tertiary/aromatic N) is 1. The van der Waals surface area contributed by atoms with E-state index in [-0.39, 0.29) is 0 Å². The largest absolute Gasteiger partial charge is 0.378 e. The van der Waals surface area contributed by atoms with E-state index in [0.29, 0.717) is 0 Å². The van der Waals surface area contributed by atoms with Crippen molar-refractivity contribution in [2.75, 3.05) is 19.0 Å². The van der Waals surface area contributed by atoms with Crippen molar-refractivity contribution in [3.8, 4) is 0 Å². The van der Waals surface area contributed by atoms with E-state index in [1.807, 2.05) is 263 Å². The van der Waals surface area contributed by atoms with Crippen LogP contribution in [0.1, 0.15) is 96.9 Å². The van der Waals surface area contributed by atoms with Gasteiger partial charge in [-0.3, -0.25) is 0 Å². The van der Waals surface area contributed by atoms with Crippen molar-refractivity contribution < 1.29 is 0 Å². The summed E-state index contributed by atoms with van der Waals surface area (Å²) in [7, 11) is 4.07. The Morgan fingerprint density at radius 3 is 0.511 bits per heavy atom. The summed E-state index contributed by atoms with van der Waals surface area (Å²) in [6.45, 7) is 28.0. The van der Waals surface area contributed by atoms with Crippen LogP contribution in [0.4, 0.5) is 5.69 Å². The predicted molar refractivity (Wildman–Crippen MR) is 218 cm³/mol. The summed E-state index contributed by atoms with van der Waals surface area (Å²) >= 11 is 0. The molecule has 4 aromatic carbocycles. The second-order valence-electron chi connectivity index (χ2n) is 7.03. The van der Waals surface area contributed by atoms with Crippen molar-refractivity contribution in [2.45, 2.75) is 96.9 Å². The van der Waals surface area contributed by atoms with Crippen molar-refractivity contribution in [3.05, 3.63) is 164 Å². The molecule has 0 aliphatic carbocycles. The van der Waals surface area contributed by atoms with E-state index in [4.69, 9.17) is 0 Å². The lowest BCUT2D eigenvalue weighted by atomic mass is 10.3. The second kappa shape index (κ2) is 72.4. The molecule has 0 spiro atoms. The summed E-state index contributed by atoms with van der Waals surface area (Å²) in [6, 6.07) is 46.3. The van der Waals surface area contributed by atoms with Gasteiger partial charge in [-0.15, -0.1) is 0 Å². The van der Waals surface area contributed by atoms with Gasteiger partial charge in [-0.1, -0.05) is 221 Å². The molecule has 0 saturated carbocycles. The maximum absolute atomic E-state index is 2.08. The molecule has 1 heteroatoms. The molecule has 256 valence electrons.